The third-order valence-corrected chi connectivity index (χ3v) is 5.09. The van der Waals surface area contributed by atoms with Crippen LogP contribution in [-0.2, 0) is 0 Å². The fraction of sp³-hybridized carbons (Fsp3) is 0.263. The van der Waals surface area contributed by atoms with Crippen LogP contribution in [0.15, 0.2) is 43.0 Å². The Morgan fingerprint density at radius 3 is 2.68 bits per heavy atom. The summed E-state index contributed by atoms with van der Waals surface area (Å²) in [7, 11) is 0. The molecule has 0 radical (unpaired) electrons. The number of carbonyl (C=O) groups is 1. The molecule has 1 aliphatic rings. The van der Waals surface area contributed by atoms with Gasteiger partial charge in [-0.2, -0.15) is 15.5 Å². The Labute approximate surface area is 180 Å². The number of hydrogen-bond donors (Lipinski definition) is 1. The van der Waals surface area contributed by atoms with Gasteiger partial charge in [-0.25, -0.2) is 18.7 Å². The fourth-order valence-electron chi connectivity index (χ4n) is 3.42. The van der Waals surface area contributed by atoms with Gasteiger partial charge in [-0.1, -0.05) is 17.7 Å². The van der Waals surface area contributed by atoms with Crippen LogP contribution < -0.4 is 5.32 Å². The van der Waals surface area contributed by atoms with Gasteiger partial charge >= 0.3 is 0 Å². The number of hydrogen-bond acceptors (Lipinski definition) is 7. The molecule has 1 aromatic carbocycles. The summed E-state index contributed by atoms with van der Waals surface area (Å²) in [5.41, 5.74) is 0.348. The SMILES string of the molecule is N#Cc1cccc(C(=O)N2CCC(F)(F)C2CNc2ncc(Cl)cn2)c1-n1nccn1. The molecule has 0 bridgehead atoms. The second kappa shape index (κ2) is 8.23. The van der Waals surface area contributed by atoms with Crippen molar-refractivity contribution >= 4 is 23.5 Å². The van der Waals surface area contributed by atoms with Crippen molar-refractivity contribution in [3.8, 4) is 11.8 Å². The average Bonchev–Trinajstić information content (AvgIpc) is 3.40. The highest BCUT2D eigenvalue weighted by atomic mass is 35.5. The predicted molar refractivity (Wildman–Crippen MR) is 106 cm³/mol. The first-order valence-corrected chi connectivity index (χ1v) is 9.58. The maximum atomic E-state index is 14.6. The molecule has 3 heterocycles. The number of halogens is 3. The Morgan fingerprint density at radius 1 is 1.29 bits per heavy atom. The monoisotopic (exact) mass is 444 g/mol. The number of carbonyl (C=O) groups excluding carboxylic acids is 1. The van der Waals surface area contributed by atoms with Crippen LogP contribution in [0, 0.1) is 11.3 Å². The molecule has 0 aliphatic carbocycles. The summed E-state index contributed by atoms with van der Waals surface area (Å²) in [5.74, 6) is -3.65. The summed E-state index contributed by atoms with van der Waals surface area (Å²) in [6.07, 6.45) is 4.98. The molecule has 4 rings (SSSR count). The molecule has 0 spiro atoms. The minimum absolute atomic E-state index is 0.0562. The van der Waals surface area contributed by atoms with Crippen LogP contribution in [0.2, 0.25) is 5.02 Å². The number of alkyl halides is 2. The number of nitriles is 1. The molecular weight excluding hydrogens is 430 g/mol. The van der Waals surface area contributed by atoms with Crippen molar-refractivity contribution < 1.29 is 13.6 Å². The highest BCUT2D eigenvalue weighted by Crippen LogP contribution is 2.35. The van der Waals surface area contributed by atoms with Crippen molar-refractivity contribution in [3.63, 3.8) is 0 Å². The molecular formula is C19H15ClF2N8O. The lowest BCUT2D eigenvalue weighted by molar-refractivity contribution is -0.0249. The normalized spacial score (nSPS) is 17.4. The summed E-state index contributed by atoms with van der Waals surface area (Å²) in [4.78, 5) is 23.4. The lowest BCUT2D eigenvalue weighted by atomic mass is 10.1. The van der Waals surface area contributed by atoms with Gasteiger partial charge in [0.25, 0.3) is 11.8 Å². The third-order valence-electron chi connectivity index (χ3n) is 4.89. The van der Waals surface area contributed by atoms with Crippen LogP contribution in [0.1, 0.15) is 22.3 Å². The lowest BCUT2D eigenvalue weighted by Gasteiger charge is -2.28. The lowest BCUT2D eigenvalue weighted by Crippen LogP contribution is -2.47. The Bertz CT molecular complexity index is 1130. The smallest absolute Gasteiger partial charge is 0.271 e. The molecule has 9 nitrogen and oxygen atoms in total. The number of anilines is 1. The zero-order valence-electron chi connectivity index (χ0n) is 15.9. The standard InChI is InChI=1S/C19H15ClF2N8O/c20-13-9-24-18(25-10-13)26-11-15-19(21,22)4-7-29(15)17(31)14-3-1-2-12(8-23)16(14)30-27-5-6-28-30/h1-3,5-6,9-10,15H,4,7,11H2,(H,24,25,26). The Balaban J connectivity index is 1.64. The van der Waals surface area contributed by atoms with Gasteiger partial charge in [0.05, 0.1) is 40.9 Å². The predicted octanol–water partition coefficient (Wildman–Crippen LogP) is 2.54. The highest BCUT2D eigenvalue weighted by Gasteiger charge is 2.51. The Hall–Kier alpha value is -3.65. The number of aromatic nitrogens is 5. The van der Waals surface area contributed by atoms with E-state index in [4.69, 9.17) is 11.6 Å². The number of rotatable bonds is 5. The summed E-state index contributed by atoms with van der Waals surface area (Å²) in [6, 6.07) is 5.03. The molecule has 2 aromatic heterocycles. The molecule has 12 heteroatoms. The molecule has 158 valence electrons. The van der Waals surface area contributed by atoms with Gasteiger partial charge in [0.15, 0.2) is 0 Å². The van der Waals surface area contributed by atoms with Gasteiger partial charge in [-0.3, -0.25) is 4.79 Å². The van der Waals surface area contributed by atoms with E-state index in [0.717, 1.165) is 9.70 Å². The van der Waals surface area contributed by atoms with Crippen LogP contribution in [0.5, 0.6) is 0 Å². The van der Waals surface area contributed by atoms with Crippen LogP contribution in [0.25, 0.3) is 5.69 Å². The van der Waals surface area contributed by atoms with E-state index >= 15 is 0 Å². The van der Waals surface area contributed by atoms with Crippen molar-refractivity contribution in [1.29, 1.82) is 5.26 Å². The van der Waals surface area contributed by atoms with Crippen LogP contribution in [-0.4, -0.2) is 60.8 Å². The van der Waals surface area contributed by atoms with Crippen LogP contribution in [0.4, 0.5) is 14.7 Å². The van der Waals surface area contributed by atoms with E-state index in [1.165, 1.54) is 43.0 Å². The first kappa shape index (κ1) is 20.6. The van der Waals surface area contributed by atoms with Gasteiger partial charge in [-0.15, -0.1) is 4.80 Å². The van der Waals surface area contributed by atoms with E-state index in [-0.39, 0.29) is 35.9 Å². The second-order valence-corrected chi connectivity index (χ2v) is 7.20. The van der Waals surface area contributed by atoms with E-state index in [2.05, 4.69) is 25.5 Å². The van der Waals surface area contributed by atoms with Gasteiger partial charge in [0, 0.05) is 19.5 Å². The fourth-order valence-corrected chi connectivity index (χ4v) is 3.52. The second-order valence-electron chi connectivity index (χ2n) is 6.76. The summed E-state index contributed by atoms with van der Waals surface area (Å²) in [5, 5.41) is 20.5. The zero-order valence-corrected chi connectivity index (χ0v) is 16.7. The maximum Gasteiger partial charge on any atom is 0.271 e. The average molecular weight is 445 g/mol. The summed E-state index contributed by atoms with van der Waals surface area (Å²) in [6.45, 7) is -0.421. The van der Waals surface area contributed by atoms with Gasteiger partial charge < -0.3 is 10.2 Å². The number of nitrogens with zero attached hydrogens (tertiary/aromatic N) is 7. The molecule has 1 saturated heterocycles. The van der Waals surface area contributed by atoms with Crippen LogP contribution >= 0.6 is 11.6 Å². The van der Waals surface area contributed by atoms with E-state index < -0.39 is 24.3 Å². The van der Waals surface area contributed by atoms with E-state index in [9.17, 15) is 18.8 Å². The number of amides is 1. The van der Waals surface area contributed by atoms with Crippen molar-refractivity contribution in [1.82, 2.24) is 29.9 Å². The molecule has 1 unspecified atom stereocenters. The van der Waals surface area contributed by atoms with Crippen LogP contribution in [0.3, 0.4) is 0 Å². The molecule has 31 heavy (non-hydrogen) atoms. The van der Waals surface area contributed by atoms with Crippen molar-refractivity contribution in [2.45, 2.75) is 18.4 Å². The van der Waals surface area contributed by atoms with Crippen molar-refractivity contribution in [2.24, 2.45) is 0 Å². The molecule has 1 fully saturated rings. The number of para-hydroxylation sites is 1. The minimum Gasteiger partial charge on any atom is -0.352 e. The van der Waals surface area contributed by atoms with E-state index in [1.54, 1.807) is 0 Å². The van der Waals surface area contributed by atoms with Crippen molar-refractivity contribution in [3.05, 3.63) is 59.1 Å². The van der Waals surface area contributed by atoms with E-state index in [0.29, 0.717) is 5.02 Å². The summed E-state index contributed by atoms with van der Waals surface area (Å²) < 4.78 is 29.3. The number of nitrogens with one attached hydrogen (secondary N) is 1. The largest absolute Gasteiger partial charge is 0.352 e. The third kappa shape index (κ3) is 4.02. The van der Waals surface area contributed by atoms with Gasteiger partial charge in [-0.05, 0) is 12.1 Å². The van der Waals surface area contributed by atoms with Gasteiger partial charge in [0.1, 0.15) is 17.8 Å². The molecule has 1 atom stereocenters. The molecule has 1 aliphatic heterocycles. The maximum absolute atomic E-state index is 14.6. The molecule has 1 amide bonds. The molecule has 3 aromatic rings. The number of likely N-dealkylation sites (tertiary alicyclic amines) is 1. The highest BCUT2D eigenvalue weighted by molar-refractivity contribution is 6.30. The quantitative estimate of drug-likeness (QED) is 0.643. The van der Waals surface area contributed by atoms with Crippen molar-refractivity contribution in [2.75, 3.05) is 18.4 Å². The first-order chi connectivity index (χ1) is 14.9. The molecule has 0 saturated carbocycles. The topological polar surface area (TPSA) is 113 Å². The van der Waals surface area contributed by atoms with Gasteiger partial charge in [0.2, 0.25) is 5.95 Å². The first-order valence-electron chi connectivity index (χ1n) is 9.21. The van der Waals surface area contributed by atoms with E-state index in [1.807, 2.05) is 6.07 Å². The minimum atomic E-state index is -3.12. The zero-order chi connectivity index (χ0) is 22.0. The number of benzene rings is 1. The molecule has 1 N–H and O–H groups in total. The summed E-state index contributed by atoms with van der Waals surface area (Å²) >= 11 is 5.74. The Kier molecular flexibility index (Phi) is 5.48. The Morgan fingerprint density at radius 2 is 2.00 bits per heavy atom.